The summed E-state index contributed by atoms with van der Waals surface area (Å²) in [5.74, 6) is -2.55. The second kappa shape index (κ2) is 4.92. The van der Waals surface area contributed by atoms with E-state index in [2.05, 4.69) is 17.0 Å². The van der Waals surface area contributed by atoms with Gasteiger partial charge in [0.15, 0.2) is 11.6 Å². The van der Waals surface area contributed by atoms with Gasteiger partial charge in [-0.3, -0.25) is 0 Å². The van der Waals surface area contributed by atoms with Crippen molar-refractivity contribution < 1.29 is 18.3 Å². The normalized spacial score (nSPS) is 21.6. The van der Waals surface area contributed by atoms with Gasteiger partial charge >= 0.3 is 5.97 Å². The van der Waals surface area contributed by atoms with E-state index in [4.69, 9.17) is 0 Å². The predicted octanol–water partition coefficient (Wildman–Crippen LogP) is 2.96. The molecule has 0 aliphatic heterocycles. The largest absolute Gasteiger partial charge is 0.465 e. The Morgan fingerprint density at radius 3 is 2.72 bits per heavy atom. The lowest BCUT2D eigenvalue weighted by Crippen LogP contribution is -2.11. The van der Waals surface area contributed by atoms with Crippen LogP contribution in [0.2, 0.25) is 0 Å². The average Bonchev–Trinajstić information content (AvgIpc) is 3.13. The number of halogens is 2. The highest BCUT2D eigenvalue weighted by Crippen LogP contribution is 2.37. The highest BCUT2D eigenvalue weighted by atomic mass is 19.2. The lowest BCUT2D eigenvalue weighted by Gasteiger charge is -2.09. The Morgan fingerprint density at radius 2 is 2.17 bits per heavy atom. The molecule has 1 fully saturated rings. The highest BCUT2D eigenvalue weighted by Gasteiger charge is 2.36. The maximum atomic E-state index is 13.7. The van der Waals surface area contributed by atoms with Crippen molar-refractivity contribution in [1.29, 1.82) is 0 Å². The second-order valence-corrected chi connectivity index (χ2v) is 4.44. The van der Waals surface area contributed by atoms with Gasteiger partial charge in [-0.25, -0.2) is 13.6 Å². The van der Waals surface area contributed by atoms with E-state index in [9.17, 15) is 13.6 Å². The van der Waals surface area contributed by atoms with Gasteiger partial charge in [0, 0.05) is 6.04 Å². The summed E-state index contributed by atoms with van der Waals surface area (Å²) in [5.41, 5.74) is -0.288. The molecule has 0 aromatic heterocycles. The SMILES string of the molecule is CCC1CC1Nc1ccc(C(=O)OC)c(F)c1F. The van der Waals surface area contributed by atoms with Crippen molar-refractivity contribution >= 4 is 11.7 Å². The van der Waals surface area contributed by atoms with E-state index in [1.165, 1.54) is 12.1 Å². The molecule has 1 aliphatic rings. The molecule has 1 aliphatic carbocycles. The van der Waals surface area contributed by atoms with Gasteiger partial charge in [0.05, 0.1) is 18.4 Å². The fraction of sp³-hybridized carbons (Fsp3) is 0.462. The second-order valence-electron chi connectivity index (χ2n) is 4.44. The summed E-state index contributed by atoms with van der Waals surface area (Å²) < 4.78 is 31.7. The zero-order valence-electron chi connectivity index (χ0n) is 10.3. The Morgan fingerprint density at radius 1 is 1.44 bits per heavy atom. The van der Waals surface area contributed by atoms with Crippen LogP contribution in [0.4, 0.5) is 14.5 Å². The minimum absolute atomic E-state index is 0.0982. The van der Waals surface area contributed by atoms with Gasteiger partial charge < -0.3 is 10.1 Å². The molecule has 1 aromatic carbocycles. The van der Waals surface area contributed by atoms with E-state index >= 15 is 0 Å². The van der Waals surface area contributed by atoms with Crippen LogP contribution in [0.5, 0.6) is 0 Å². The van der Waals surface area contributed by atoms with Crippen molar-refractivity contribution in [3.63, 3.8) is 0 Å². The zero-order chi connectivity index (χ0) is 13.3. The molecular weight excluding hydrogens is 240 g/mol. The van der Waals surface area contributed by atoms with E-state index in [1.54, 1.807) is 0 Å². The van der Waals surface area contributed by atoms with Crippen LogP contribution < -0.4 is 5.32 Å². The molecule has 2 atom stereocenters. The van der Waals surface area contributed by atoms with Gasteiger partial charge in [0.2, 0.25) is 0 Å². The Kier molecular flexibility index (Phi) is 3.50. The van der Waals surface area contributed by atoms with Crippen molar-refractivity contribution in [3.05, 3.63) is 29.3 Å². The molecule has 0 heterocycles. The maximum absolute atomic E-state index is 13.7. The van der Waals surface area contributed by atoms with Gasteiger partial charge in [0.25, 0.3) is 0 Å². The molecule has 2 unspecified atom stereocenters. The minimum atomic E-state index is -1.17. The minimum Gasteiger partial charge on any atom is -0.465 e. The Balaban J connectivity index is 2.19. The van der Waals surface area contributed by atoms with Gasteiger partial charge in [-0.1, -0.05) is 13.3 Å². The van der Waals surface area contributed by atoms with Crippen LogP contribution in [0.25, 0.3) is 0 Å². The lowest BCUT2D eigenvalue weighted by atomic mass is 10.1. The third kappa shape index (κ3) is 2.30. The van der Waals surface area contributed by atoms with Crippen molar-refractivity contribution in [1.82, 2.24) is 0 Å². The number of hydrogen-bond donors (Lipinski definition) is 1. The van der Waals surface area contributed by atoms with E-state index in [-0.39, 0.29) is 17.3 Å². The number of benzene rings is 1. The van der Waals surface area contributed by atoms with Crippen LogP contribution in [0.1, 0.15) is 30.1 Å². The first kappa shape index (κ1) is 12.8. The number of carbonyl (C=O) groups excluding carboxylic acids is 1. The number of esters is 1. The highest BCUT2D eigenvalue weighted by molar-refractivity contribution is 5.90. The molecule has 0 bridgehead atoms. The number of rotatable bonds is 4. The van der Waals surface area contributed by atoms with E-state index in [1.807, 2.05) is 0 Å². The molecule has 1 N–H and O–H groups in total. The quantitative estimate of drug-likeness (QED) is 0.840. The van der Waals surface area contributed by atoms with E-state index < -0.39 is 17.6 Å². The summed E-state index contributed by atoms with van der Waals surface area (Å²) in [6, 6.07) is 2.80. The Labute approximate surface area is 104 Å². The van der Waals surface area contributed by atoms with Gasteiger partial charge in [-0.15, -0.1) is 0 Å². The third-order valence-corrected chi connectivity index (χ3v) is 3.28. The summed E-state index contributed by atoms with van der Waals surface area (Å²) in [5, 5.41) is 2.94. The molecular formula is C13H15F2NO2. The number of carbonyl (C=O) groups is 1. The molecule has 18 heavy (non-hydrogen) atoms. The zero-order valence-corrected chi connectivity index (χ0v) is 10.3. The Hall–Kier alpha value is -1.65. The molecule has 0 spiro atoms. The van der Waals surface area contributed by atoms with Crippen LogP contribution in [0.15, 0.2) is 12.1 Å². The molecule has 5 heteroatoms. The summed E-state index contributed by atoms with van der Waals surface area (Å²) >= 11 is 0. The smallest absolute Gasteiger partial charge is 0.340 e. The summed E-state index contributed by atoms with van der Waals surface area (Å²) in [6.07, 6.45) is 1.98. The molecule has 0 amide bonds. The van der Waals surface area contributed by atoms with Crippen molar-refractivity contribution in [2.24, 2.45) is 5.92 Å². The van der Waals surface area contributed by atoms with E-state index in [0.29, 0.717) is 5.92 Å². The topological polar surface area (TPSA) is 38.3 Å². The third-order valence-electron chi connectivity index (χ3n) is 3.28. The van der Waals surface area contributed by atoms with Crippen LogP contribution in [-0.4, -0.2) is 19.1 Å². The summed E-state index contributed by atoms with van der Waals surface area (Å²) in [6.45, 7) is 2.06. The first-order valence-corrected chi connectivity index (χ1v) is 5.91. The van der Waals surface area contributed by atoms with Gasteiger partial charge in [-0.05, 0) is 24.5 Å². The maximum Gasteiger partial charge on any atom is 0.340 e. The van der Waals surface area contributed by atoms with Crippen molar-refractivity contribution in [2.75, 3.05) is 12.4 Å². The molecule has 98 valence electrons. The standard InChI is InChI=1S/C13H15F2NO2/c1-3-7-6-10(7)16-9-5-4-8(13(17)18-2)11(14)12(9)15/h4-5,7,10,16H,3,6H2,1-2H3. The van der Waals surface area contributed by atoms with E-state index in [0.717, 1.165) is 20.0 Å². The van der Waals surface area contributed by atoms with Gasteiger partial charge in [0.1, 0.15) is 0 Å². The summed E-state index contributed by atoms with van der Waals surface area (Å²) in [4.78, 5) is 11.2. The number of anilines is 1. The van der Waals surface area contributed by atoms with Crippen LogP contribution >= 0.6 is 0 Å². The lowest BCUT2D eigenvalue weighted by molar-refractivity contribution is 0.0594. The fourth-order valence-electron chi connectivity index (χ4n) is 2.00. The molecule has 2 rings (SSSR count). The summed E-state index contributed by atoms with van der Waals surface area (Å²) in [7, 11) is 1.13. The number of methoxy groups -OCH3 is 1. The Bertz CT molecular complexity index is 476. The number of ether oxygens (including phenoxy) is 1. The van der Waals surface area contributed by atoms with Crippen molar-refractivity contribution in [2.45, 2.75) is 25.8 Å². The first-order chi connectivity index (χ1) is 8.58. The fourth-order valence-corrected chi connectivity index (χ4v) is 2.00. The first-order valence-electron chi connectivity index (χ1n) is 5.91. The molecule has 0 radical (unpaired) electrons. The monoisotopic (exact) mass is 255 g/mol. The number of hydrogen-bond acceptors (Lipinski definition) is 3. The predicted molar refractivity (Wildman–Crippen MR) is 63.5 cm³/mol. The molecule has 1 saturated carbocycles. The molecule has 1 aromatic rings. The molecule has 0 saturated heterocycles. The number of nitrogens with one attached hydrogen (secondary N) is 1. The van der Waals surface area contributed by atoms with Crippen molar-refractivity contribution in [3.8, 4) is 0 Å². The van der Waals surface area contributed by atoms with Crippen LogP contribution in [-0.2, 0) is 4.74 Å². The van der Waals surface area contributed by atoms with Crippen LogP contribution in [0.3, 0.4) is 0 Å². The molecule has 3 nitrogen and oxygen atoms in total. The van der Waals surface area contributed by atoms with Crippen LogP contribution in [0, 0.1) is 17.6 Å². The average molecular weight is 255 g/mol. The van der Waals surface area contributed by atoms with Gasteiger partial charge in [-0.2, -0.15) is 0 Å².